The van der Waals surface area contributed by atoms with E-state index in [9.17, 15) is 4.79 Å². The summed E-state index contributed by atoms with van der Waals surface area (Å²) in [7, 11) is 0. The fourth-order valence-corrected chi connectivity index (χ4v) is 2.74. The summed E-state index contributed by atoms with van der Waals surface area (Å²) in [5.74, 6) is 0. The molecular weight excluding hydrogens is 248 g/mol. The molecule has 1 aliphatic carbocycles. The minimum atomic E-state index is -0.0102. The first kappa shape index (κ1) is 14.9. The molecule has 0 unspecified atom stereocenters. The van der Waals surface area contributed by atoms with Crippen LogP contribution >= 0.6 is 0 Å². The number of urea groups is 1. The van der Waals surface area contributed by atoms with Crippen LogP contribution in [-0.2, 0) is 6.42 Å². The molecular formula is C17H26N2O. The van der Waals surface area contributed by atoms with Gasteiger partial charge in [0.05, 0.1) is 0 Å². The van der Waals surface area contributed by atoms with Crippen LogP contribution < -0.4 is 10.6 Å². The number of hydrogen-bond donors (Lipinski definition) is 2. The van der Waals surface area contributed by atoms with Crippen LogP contribution in [0.15, 0.2) is 24.3 Å². The molecule has 1 aliphatic rings. The van der Waals surface area contributed by atoms with E-state index in [-0.39, 0.29) is 6.03 Å². The van der Waals surface area contributed by atoms with Gasteiger partial charge in [-0.3, -0.25) is 0 Å². The van der Waals surface area contributed by atoms with E-state index >= 15 is 0 Å². The molecule has 0 radical (unpaired) electrons. The second-order valence-corrected chi connectivity index (χ2v) is 5.82. The first-order valence-corrected chi connectivity index (χ1v) is 7.84. The molecule has 0 bridgehead atoms. The molecule has 0 spiro atoms. The maximum Gasteiger partial charge on any atom is 0.315 e. The zero-order valence-electron chi connectivity index (χ0n) is 12.5. The minimum absolute atomic E-state index is 0.0102. The van der Waals surface area contributed by atoms with Crippen molar-refractivity contribution in [3.05, 3.63) is 35.4 Å². The van der Waals surface area contributed by atoms with Crippen molar-refractivity contribution in [2.75, 3.05) is 6.54 Å². The number of rotatable bonds is 4. The van der Waals surface area contributed by atoms with Gasteiger partial charge < -0.3 is 10.6 Å². The molecule has 3 heteroatoms. The average molecular weight is 274 g/mol. The number of hydrogen-bond acceptors (Lipinski definition) is 1. The van der Waals surface area contributed by atoms with E-state index in [1.807, 2.05) is 0 Å². The van der Waals surface area contributed by atoms with Crippen LogP contribution in [0.5, 0.6) is 0 Å². The second-order valence-electron chi connectivity index (χ2n) is 5.82. The molecule has 1 aromatic carbocycles. The second kappa shape index (κ2) is 7.93. The summed E-state index contributed by atoms with van der Waals surface area (Å²) in [6.07, 6.45) is 8.26. The van der Waals surface area contributed by atoms with Gasteiger partial charge in [-0.2, -0.15) is 0 Å². The molecule has 1 aromatic rings. The highest BCUT2D eigenvalue weighted by atomic mass is 16.2. The quantitative estimate of drug-likeness (QED) is 0.810. The summed E-state index contributed by atoms with van der Waals surface area (Å²) < 4.78 is 0. The molecule has 0 atom stereocenters. The van der Waals surface area contributed by atoms with Crippen LogP contribution in [0.2, 0.25) is 0 Å². The predicted octanol–water partition coefficient (Wildman–Crippen LogP) is 3.56. The average Bonchev–Trinajstić information content (AvgIpc) is 2.70. The van der Waals surface area contributed by atoms with Crippen molar-refractivity contribution in [1.82, 2.24) is 10.6 Å². The van der Waals surface area contributed by atoms with E-state index < -0.39 is 0 Å². The molecule has 0 aromatic heterocycles. The molecule has 2 rings (SSSR count). The third-order valence-corrected chi connectivity index (χ3v) is 4.01. The van der Waals surface area contributed by atoms with E-state index in [0.717, 1.165) is 19.3 Å². The summed E-state index contributed by atoms with van der Waals surface area (Å²) in [4.78, 5) is 11.8. The lowest BCUT2D eigenvalue weighted by molar-refractivity contribution is 0.235. The van der Waals surface area contributed by atoms with Crippen molar-refractivity contribution in [2.24, 2.45) is 0 Å². The SMILES string of the molecule is Cc1ccc(CCNC(=O)NC2CCCCCC2)cc1. The molecule has 2 amide bonds. The lowest BCUT2D eigenvalue weighted by atomic mass is 10.1. The van der Waals surface area contributed by atoms with Crippen molar-refractivity contribution >= 4 is 6.03 Å². The molecule has 1 saturated carbocycles. The molecule has 20 heavy (non-hydrogen) atoms. The number of benzene rings is 1. The third kappa shape index (κ3) is 5.24. The standard InChI is InChI=1S/C17H26N2O/c1-14-8-10-15(11-9-14)12-13-18-17(20)19-16-6-4-2-3-5-7-16/h8-11,16H,2-7,12-13H2,1H3,(H2,18,19,20). The Kier molecular flexibility index (Phi) is 5.90. The fraction of sp³-hybridized carbons (Fsp3) is 0.588. The lowest BCUT2D eigenvalue weighted by Gasteiger charge is -2.16. The van der Waals surface area contributed by atoms with E-state index in [4.69, 9.17) is 0 Å². The van der Waals surface area contributed by atoms with Crippen molar-refractivity contribution in [1.29, 1.82) is 0 Å². The number of carbonyl (C=O) groups is 1. The summed E-state index contributed by atoms with van der Waals surface area (Å²) in [6, 6.07) is 8.84. The molecule has 1 fully saturated rings. The molecule has 0 saturated heterocycles. The van der Waals surface area contributed by atoms with Gasteiger partial charge in [-0.25, -0.2) is 4.79 Å². The number of aryl methyl sites for hydroxylation is 1. The van der Waals surface area contributed by atoms with Gasteiger partial charge in [-0.1, -0.05) is 55.5 Å². The fourth-order valence-electron chi connectivity index (χ4n) is 2.74. The minimum Gasteiger partial charge on any atom is -0.338 e. The Morgan fingerprint density at radius 3 is 2.40 bits per heavy atom. The Balaban J connectivity index is 1.65. The van der Waals surface area contributed by atoms with Gasteiger partial charge in [0.25, 0.3) is 0 Å². The zero-order valence-corrected chi connectivity index (χ0v) is 12.5. The van der Waals surface area contributed by atoms with Crippen LogP contribution in [0.4, 0.5) is 4.79 Å². The zero-order chi connectivity index (χ0) is 14.2. The maximum absolute atomic E-state index is 11.8. The van der Waals surface area contributed by atoms with Crippen LogP contribution in [0, 0.1) is 6.92 Å². The molecule has 110 valence electrons. The largest absolute Gasteiger partial charge is 0.338 e. The van der Waals surface area contributed by atoms with Crippen LogP contribution in [0.1, 0.15) is 49.7 Å². The first-order chi connectivity index (χ1) is 9.74. The lowest BCUT2D eigenvalue weighted by Crippen LogP contribution is -2.42. The topological polar surface area (TPSA) is 41.1 Å². The van der Waals surface area contributed by atoms with Gasteiger partial charge >= 0.3 is 6.03 Å². The predicted molar refractivity (Wildman–Crippen MR) is 82.9 cm³/mol. The maximum atomic E-state index is 11.8. The Morgan fingerprint density at radius 1 is 1.10 bits per heavy atom. The van der Waals surface area contributed by atoms with Gasteiger partial charge in [-0.15, -0.1) is 0 Å². The Morgan fingerprint density at radius 2 is 1.75 bits per heavy atom. The summed E-state index contributed by atoms with van der Waals surface area (Å²) >= 11 is 0. The number of amides is 2. The highest BCUT2D eigenvalue weighted by Crippen LogP contribution is 2.16. The van der Waals surface area contributed by atoms with Crippen molar-refractivity contribution in [3.8, 4) is 0 Å². The van der Waals surface area contributed by atoms with E-state index in [0.29, 0.717) is 12.6 Å². The molecule has 0 heterocycles. The summed E-state index contributed by atoms with van der Waals surface area (Å²) in [5, 5.41) is 6.07. The van der Waals surface area contributed by atoms with Gasteiger partial charge in [0.1, 0.15) is 0 Å². The van der Waals surface area contributed by atoms with Crippen LogP contribution in [0.25, 0.3) is 0 Å². The summed E-state index contributed by atoms with van der Waals surface area (Å²) in [5.41, 5.74) is 2.54. The molecule has 0 aliphatic heterocycles. The number of carbonyl (C=O) groups excluding carboxylic acids is 1. The summed E-state index contributed by atoms with van der Waals surface area (Å²) in [6.45, 7) is 2.78. The highest BCUT2D eigenvalue weighted by Gasteiger charge is 2.13. The molecule has 3 nitrogen and oxygen atoms in total. The van der Waals surface area contributed by atoms with Crippen molar-refractivity contribution in [2.45, 2.75) is 57.9 Å². The van der Waals surface area contributed by atoms with Gasteiger partial charge in [0.15, 0.2) is 0 Å². The van der Waals surface area contributed by atoms with Crippen LogP contribution in [0.3, 0.4) is 0 Å². The van der Waals surface area contributed by atoms with E-state index in [1.54, 1.807) is 0 Å². The normalized spacial score (nSPS) is 16.4. The van der Waals surface area contributed by atoms with Crippen molar-refractivity contribution < 1.29 is 4.79 Å². The monoisotopic (exact) mass is 274 g/mol. The first-order valence-electron chi connectivity index (χ1n) is 7.84. The Labute approximate surface area is 122 Å². The Hall–Kier alpha value is -1.51. The third-order valence-electron chi connectivity index (χ3n) is 4.01. The van der Waals surface area contributed by atoms with E-state index in [2.05, 4.69) is 41.8 Å². The van der Waals surface area contributed by atoms with Crippen LogP contribution in [-0.4, -0.2) is 18.6 Å². The highest BCUT2D eigenvalue weighted by molar-refractivity contribution is 5.74. The van der Waals surface area contributed by atoms with E-state index in [1.165, 1.54) is 36.8 Å². The van der Waals surface area contributed by atoms with Crippen molar-refractivity contribution in [3.63, 3.8) is 0 Å². The number of nitrogens with one attached hydrogen (secondary N) is 2. The van der Waals surface area contributed by atoms with Gasteiger partial charge in [0, 0.05) is 12.6 Å². The smallest absolute Gasteiger partial charge is 0.315 e. The molecule has 2 N–H and O–H groups in total. The van der Waals surface area contributed by atoms with Gasteiger partial charge in [-0.05, 0) is 31.7 Å². The Bertz CT molecular complexity index is 406. The van der Waals surface area contributed by atoms with Gasteiger partial charge in [0.2, 0.25) is 0 Å².